The third-order valence-electron chi connectivity index (χ3n) is 1.95. The van der Waals surface area contributed by atoms with Gasteiger partial charge in [0.2, 0.25) is 0 Å². The molecule has 1 heterocycles. The van der Waals surface area contributed by atoms with Gasteiger partial charge in [-0.15, -0.1) is 0 Å². The smallest absolute Gasteiger partial charge is 0.0577 e. The van der Waals surface area contributed by atoms with Gasteiger partial charge in [-0.1, -0.05) is 6.92 Å². The molecule has 8 heavy (non-hydrogen) atoms. The summed E-state index contributed by atoms with van der Waals surface area (Å²) in [7, 11) is 0. The molecule has 1 rings (SSSR count). The van der Waals surface area contributed by atoms with Crippen LogP contribution in [0.5, 0.6) is 0 Å². The van der Waals surface area contributed by atoms with Gasteiger partial charge in [-0.25, -0.2) is 0 Å². The molecular weight excluding hydrogens is 100 g/mol. The zero-order valence-corrected chi connectivity index (χ0v) is 5.85. The topological polar surface area (TPSA) is 9.23 Å². The first-order chi connectivity index (χ1) is 3.70. The van der Waals surface area contributed by atoms with Gasteiger partial charge in [0.25, 0.3) is 0 Å². The average Bonchev–Trinajstić information content (AvgIpc) is 1.85. The monoisotopic (exact) mass is 114 g/mol. The first kappa shape index (κ1) is 6.09. The Balaban J connectivity index is 2.39. The van der Waals surface area contributed by atoms with Crippen molar-refractivity contribution >= 4 is 0 Å². The molecule has 0 aromatic heterocycles. The lowest BCUT2D eigenvalue weighted by molar-refractivity contribution is 0.0580. The molecule has 0 amide bonds. The maximum absolute atomic E-state index is 5.47. The van der Waals surface area contributed by atoms with E-state index in [1.54, 1.807) is 0 Å². The Labute approximate surface area is 51.0 Å². The fraction of sp³-hybridized carbons (Fsp3) is 1.00. The first-order valence-corrected chi connectivity index (χ1v) is 3.35. The van der Waals surface area contributed by atoms with Crippen molar-refractivity contribution in [1.82, 2.24) is 0 Å². The van der Waals surface area contributed by atoms with Crippen LogP contribution in [0.4, 0.5) is 0 Å². The van der Waals surface area contributed by atoms with E-state index in [2.05, 4.69) is 20.8 Å². The molecule has 1 saturated heterocycles. The third-order valence-corrected chi connectivity index (χ3v) is 1.95. The summed E-state index contributed by atoms with van der Waals surface area (Å²) in [6.45, 7) is 6.53. The second kappa shape index (κ2) is 2.06. The minimum absolute atomic E-state index is 0.491. The van der Waals surface area contributed by atoms with Crippen LogP contribution in [0.15, 0.2) is 0 Å². The van der Waals surface area contributed by atoms with Gasteiger partial charge < -0.3 is 4.74 Å². The van der Waals surface area contributed by atoms with Crippen LogP contribution >= 0.6 is 0 Å². The summed E-state index contributed by atoms with van der Waals surface area (Å²) in [6, 6.07) is 0. The highest BCUT2D eigenvalue weighted by Gasteiger charge is 2.24. The summed E-state index contributed by atoms with van der Waals surface area (Å²) < 4.78 is 5.47. The van der Waals surface area contributed by atoms with E-state index in [1.165, 1.54) is 6.42 Å². The Morgan fingerprint density at radius 2 is 1.88 bits per heavy atom. The van der Waals surface area contributed by atoms with E-state index in [4.69, 9.17) is 4.74 Å². The molecule has 1 heteroatoms. The quantitative estimate of drug-likeness (QED) is 0.466. The molecule has 48 valence electrons. The van der Waals surface area contributed by atoms with E-state index in [-0.39, 0.29) is 0 Å². The van der Waals surface area contributed by atoms with Gasteiger partial charge in [-0.2, -0.15) is 0 Å². The predicted molar refractivity (Wildman–Crippen MR) is 33.8 cm³/mol. The van der Waals surface area contributed by atoms with Crippen molar-refractivity contribution in [3.63, 3.8) is 0 Å². The molecule has 1 aliphatic heterocycles. The third kappa shape index (κ3) is 1.03. The minimum Gasteiger partial charge on any atom is -0.375 e. The molecule has 0 spiro atoms. The van der Waals surface area contributed by atoms with Crippen LogP contribution < -0.4 is 0 Å². The number of hydrogen-bond acceptors (Lipinski definition) is 1. The van der Waals surface area contributed by atoms with E-state index in [9.17, 15) is 0 Å². The molecule has 0 N–H and O–H groups in total. The highest BCUT2D eigenvalue weighted by molar-refractivity contribution is 4.72. The number of hydrogen-bond donors (Lipinski definition) is 0. The predicted octanol–water partition coefficient (Wildman–Crippen LogP) is 1.82. The number of rotatable bonds is 0. The fourth-order valence-electron chi connectivity index (χ4n) is 1.27. The summed E-state index contributed by atoms with van der Waals surface area (Å²) in [5.41, 5.74) is 0. The van der Waals surface area contributed by atoms with E-state index in [0.29, 0.717) is 12.2 Å². The van der Waals surface area contributed by atoms with E-state index >= 15 is 0 Å². The van der Waals surface area contributed by atoms with Gasteiger partial charge >= 0.3 is 0 Å². The molecule has 1 nitrogen and oxygen atoms in total. The molecule has 0 aromatic carbocycles. The molecule has 0 aromatic rings. The Bertz CT molecular complexity index is 70.5. The van der Waals surface area contributed by atoms with Gasteiger partial charge in [0.15, 0.2) is 0 Å². The Kier molecular flexibility index (Phi) is 1.57. The fourth-order valence-corrected chi connectivity index (χ4v) is 1.27. The van der Waals surface area contributed by atoms with Crippen LogP contribution in [0.2, 0.25) is 0 Å². The number of ether oxygens (including phenoxy) is 1. The second-order valence-electron chi connectivity index (χ2n) is 2.86. The Morgan fingerprint density at radius 3 is 2.00 bits per heavy atom. The van der Waals surface area contributed by atoms with Crippen LogP contribution in [0.25, 0.3) is 0 Å². The van der Waals surface area contributed by atoms with Crippen LogP contribution in [0, 0.1) is 5.92 Å². The van der Waals surface area contributed by atoms with Crippen molar-refractivity contribution < 1.29 is 4.74 Å². The normalized spacial score (nSPS) is 47.6. The van der Waals surface area contributed by atoms with Gasteiger partial charge in [-0.3, -0.25) is 0 Å². The Hall–Kier alpha value is -0.0400. The molecular formula is C7H14O. The molecule has 0 aliphatic carbocycles. The first-order valence-electron chi connectivity index (χ1n) is 3.35. The molecule has 0 radical (unpaired) electrons. The van der Waals surface area contributed by atoms with Crippen molar-refractivity contribution in [3.05, 3.63) is 0 Å². The average molecular weight is 114 g/mol. The maximum Gasteiger partial charge on any atom is 0.0577 e. The molecule has 1 fully saturated rings. The summed E-state index contributed by atoms with van der Waals surface area (Å²) in [4.78, 5) is 0. The van der Waals surface area contributed by atoms with Crippen molar-refractivity contribution in [2.45, 2.75) is 39.4 Å². The van der Waals surface area contributed by atoms with Crippen molar-refractivity contribution in [3.8, 4) is 0 Å². The summed E-state index contributed by atoms with van der Waals surface area (Å²) in [5, 5.41) is 0. The van der Waals surface area contributed by atoms with Crippen molar-refractivity contribution in [1.29, 1.82) is 0 Å². The Morgan fingerprint density at radius 1 is 1.25 bits per heavy atom. The van der Waals surface area contributed by atoms with E-state index < -0.39 is 0 Å². The van der Waals surface area contributed by atoms with Crippen molar-refractivity contribution in [2.24, 2.45) is 5.92 Å². The molecule has 0 saturated carbocycles. The molecule has 0 bridgehead atoms. The second-order valence-corrected chi connectivity index (χ2v) is 2.86. The zero-order valence-electron chi connectivity index (χ0n) is 5.85. The zero-order chi connectivity index (χ0) is 6.15. The summed E-state index contributed by atoms with van der Waals surface area (Å²) >= 11 is 0. The van der Waals surface area contributed by atoms with Crippen LogP contribution in [-0.4, -0.2) is 12.2 Å². The van der Waals surface area contributed by atoms with Crippen LogP contribution in [-0.2, 0) is 4.74 Å². The lowest BCUT2D eigenvalue weighted by Crippen LogP contribution is -2.06. The van der Waals surface area contributed by atoms with Gasteiger partial charge in [0.1, 0.15) is 0 Å². The van der Waals surface area contributed by atoms with E-state index in [1.807, 2.05) is 0 Å². The molecule has 2 unspecified atom stereocenters. The van der Waals surface area contributed by atoms with Crippen LogP contribution in [0.3, 0.4) is 0 Å². The lowest BCUT2D eigenvalue weighted by Gasteiger charge is -2.05. The van der Waals surface area contributed by atoms with Gasteiger partial charge in [-0.05, 0) is 26.2 Å². The SMILES string of the molecule is CC1C[C@@H](C)C(C)O1. The highest BCUT2D eigenvalue weighted by atomic mass is 16.5. The van der Waals surface area contributed by atoms with Crippen molar-refractivity contribution in [2.75, 3.05) is 0 Å². The molecule has 1 aliphatic rings. The summed E-state index contributed by atoms with van der Waals surface area (Å²) in [5.74, 6) is 0.769. The maximum atomic E-state index is 5.47. The standard InChI is InChI=1S/C7H14O/c1-5-4-6(2)8-7(5)3/h5-7H,4H2,1-3H3/t5-,6?,7?/m1/s1. The largest absolute Gasteiger partial charge is 0.375 e. The highest BCUT2D eigenvalue weighted by Crippen LogP contribution is 2.24. The van der Waals surface area contributed by atoms with Gasteiger partial charge in [0, 0.05) is 0 Å². The van der Waals surface area contributed by atoms with E-state index in [0.717, 1.165) is 5.92 Å². The lowest BCUT2D eigenvalue weighted by atomic mass is 10.0. The van der Waals surface area contributed by atoms with Gasteiger partial charge in [0.05, 0.1) is 12.2 Å². The minimum atomic E-state index is 0.491. The molecule has 3 atom stereocenters. The van der Waals surface area contributed by atoms with Crippen LogP contribution in [0.1, 0.15) is 27.2 Å². The summed E-state index contributed by atoms with van der Waals surface area (Å²) in [6.07, 6.45) is 2.23.